The minimum Gasteiger partial charge on any atom is -0.508 e. The molecule has 11 heteroatoms. The lowest BCUT2D eigenvalue weighted by Crippen LogP contribution is -2.51. The Kier molecular flexibility index (Phi) is 5.98. The summed E-state index contributed by atoms with van der Waals surface area (Å²) < 4.78 is 25.5. The van der Waals surface area contributed by atoms with Gasteiger partial charge in [0.05, 0.1) is 29.3 Å². The Morgan fingerprint density at radius 2 is 1.66 bits per heavy atom. The van der Waals surface area contributed by atoms with Gasteiger partial charge in [-0.15, -0.1) is 0 Å². The third kappa shape index (κ3) is 4.36. The summed E-state index contributed by atoms with van der Waals surface area (Å²) in [5.41, 5.74) is -2.69. The number of carbonyl (C=O) groups is 2. The molecule has 0 heterocycles. The summed E-state index contributed by atoms with van der Waals surface area (Å²) in [5.74, 6) is -6.65. The van der Waals surface area contributed by atoms with Crippen molar-refractivity contribution in [3.63, 3.8) is 0 Å². The van der Waals surface area contributed by atoms with E-state index in [1.165, 1.54) is 13.8 Å². The lowest BCUT2D eigenvalue weighted by molar-refractivity contribution is -0.135. The molecule has 6 N–H and O–H groups in total. The molecule has 1 aliphatic carbocycles. The molecule has 1 aromatic carbocycles. The minimum atomic E-state index is -4.06. The highest BCUT2D eigenvalue weighted by Gasteiger charge is 2.49. The van der Waals surface area contributed by atoms with E-state index < -0.39 is 79.5 Å². The molecule has 10 nitrogen and oxygen atoms in total. The number of phenols is 2. The number of sulfone groups is 1. The number of aliphatic hydroxyl groups is 2. The number of phenolic OH excluding ortho intramolecular Hbond substituents is 1. The molecule has 0 bridgehead atoms. The van der Waals surface area contributed by atoms with Gasteiger partial charge in [-0.3, -0.25) is 0 Å². The molecule has 4 atom stereocenters. The first-order valence-corrected chi connectivity index (χ1v) is 10.3. The Morgan fingerprint density at radius 1 is 1.07 bits per heavy atom. The highest BCUT2D eigenvalue weighted by atomic mass is 32.2. The number of aromatic carboxylic acids is 1. The fourth-order valence-electron chi connectivity index (χ4n) is 3.44. The predicted molar refractivity (Wildman–Crippen MR) is 99.2 cm³/mol. The number of hydrogen-bond acceptors (Lipinski definition) is 8. The Balaban J connectivity index is 2.35. The van der Waals surface area contributed by atoms with Crippen LogP contribution in [-0.2, 0) is 20.4 Å². The van der Waals surface area contributed by atoms with Gasteiger partial charge in [-0.1, -0.05) is 13.8 Å². The lowest BCUT2D eigenvalue weighted by atomic mass is 9.67. The summed E-state index contributed by atoms with van der Waals surface area (Å²) >= 11 is 0. The maximum absolute atomic E-state index is 12.7. The van der Waals surface area contributed by atoms with Crippen LogP contribution in [0.3, 0.4) is 0 Å². The smallest absolute Gasteiger partial charge is 0.339 e. The van der Waals surface area contributed by atoms with Crippen LogP contribution in [-0.4, -0.2) is 69.0 Å². The zero-order valence-corrected chi connectivity index (χ0v) is 16.4. The number of aliphatic hydroxyl groups excluding tert-OH is 2. The summed E-state index contributed by atoms with van der Waals surface area (Å²) in [6, 6.07) is 1.56. The molecule has 0 fully saturated rings. The van der Waals surface area contributed by atoms with Crippen LogP contribution in [0.5, 0.6) is 11.5 Å². The van der Waals surface area contributed by atoms with Crippen LogP contribution in [0, 0.1) is 11.3 Å². The average Bonchev–Trinajstić information content (AvgIpc) is 2.58. The number of aliphatic carboxylic acids is 1. The van der Waals surface area contributed by atoms with Crippen LogP contribution in [0.15, 0.2) is 23.8 Å². The molecule has 0 saturated carbocycles. The molecule has 2 rings (SSSR count). The molecule has 0 aliphatic heterocycles. The van der Waals surface area contributed by atoms with Gasteiger partial charge in [0, 0.05) is 11.0 Å². The number of rotatable bonds is 6. The standard InChI is InChI=1S/C18H22O10S/c1-8-15(22)11(17(25)26)5-14(21)18(8,2)7-29(27,28)6-9-3-13(20)10(16(23)24)4-12(9)19/h3-5,8,14-15,19-22H,6-7H2,1-2H3,(H,23,24)(H,25,26). The van der Waals surface area contributed by atoms with Crippen molar-refractivity contribution in [2.45, 2.75) is 31.8 Å². The molecule has 160 valence electrons. The van der Waals surface area contributed by atoms with E-state index in [1.807, 2.05) is 0 Å². The molecular formula is C18H22O10S. The number of aromatic hydroxyl groups is 2. The van der Waals surface area contributed by atoms with Gasteiger partial charge in [-0.05, 0) is 24.1 Å². The molecule has 0 saturated heterocycles. The molecule has 0 spiro atoms. The second-order valence-electron chi connectivity index (χ2n) is 7.45. The number of hydrogen-bond donors (Lipinski definition) is 6. The fraction of sp³-hybridized carbons (Fsp3) is 0.444. The van der Waals surface area contributed by atoms with Gasteiger partial charge in [0.1, 0.15) is 17.1 Å². The third-order valence-electron chi connectivity index (χ3n) is 5.43. The maximum Gasteiger partial charge on any atom is 0.339 e. The van der Waals surface area contributed by atoms with Crippen molar-refractivity contribution in [3.05, 3.63) is 34.9 Å². The number of benzene rings is 1. The molecule has 4 unspecified atom stereocenters. The van der Waals surface area contributed by atoms with Crippen LogP contribution in [0.1, 0.15) is 29.8 Å². The van der Waals surface area contributed by atoms with Gasteiger partial charge < -0.3 is 30.6 Å². The third-order valence-corrected chi connectivity index (χ3v) is 7.24. The van der Waals surface area contributed by atoms with Crippen LogP contribution in [0.25, 0.3) is 0 Å². The van der Waals surface area contributed by atoms with E-state index in [4.69, 9.17) is 10.2 Å². The van der Waals surface area contributed by atoms with Crippen molar-refractivity contribution in [1.29, 1.82) is 0 Å². The monoisotopic (exact) mass is 430 g/mol. The normalized spacial score (nSPS) is 27.3. The van der Waals surface area contributed by atoms with Crippen molar-refractivity contribution in [2.24, 2.45) is 11.3 Å². The first-order valence-electron chi connectivity index (χ1n) is 8.49. The van der Waals surface area contributed by atoms with Crippen molar-refractivity contribution in [3.8, 4) is 11.5 Å². The Labute approximate surface area is 166 Å². The first kappa shape index (κ1) is 22.7. The van der Waals surface area contributed by atoms with E-state index in [0.717, 1.165) is 18.2 Å². The summed E-state index contributed by atoms with van der Waals surface area (Å²) in [7, 11) is -4.06. The van der Waals surface area contributed by atoms with Crippen LogP contribution in [0.2, 0.25) is 0 Å². The van der Waals surface area contributed by atoms with Crippen LogP contribution >= 0.6 is 0 Å². The molecule has 0 radical (unpaired) electrons. The van der Waals surface area contributed by atoms with Gasteiger partial charge in [0.2, 0.25) is 0 Å². The zero-order chi connectivity index (χ0) is 22.3. The minimum absolute atomic E-state index is 0.239. The van der Waals surface area contributed by atoms with E-state index in [1.54, 1.807) is 0 Å². The van der Waals surface area contributed by atoms with Gasteiger partial charge in [-0.2, -0.15) is 0 Å². The van der Waals surface area contributed by atoms with Crippen molar-refractivity contribution in [1.82, 2.24) is 0 Å². The molecular weight excluding hydrogens is 408 g/mol. The SMILES string of the molecule is CC1C(O)C(C(=O)O)=CC(O)C1(C)CS(=O)(=O)Cc1cc(O)c(C(=O)O)cc1O. The van der Waals surface area contributed by atoms with Gasteiger partial charge in [-0.25, -0.2) is 18.0 Å². The Morgan fingerprint density at radius 3 is 2.17 bits per heavy atom. The maximum atomic E-state index is 12.7. The second kappa shape index (κ2) is 7.65. The van der Waals surface area contributed by atoms with E-state index in [0.29, 0.717) is 0 Å². The molecule has 1 aliphatic rings. The molecule has 0 aromatic heterocycles. The molecule has 1 aromatic rings. The van der Waals surface area contributed by atoms with E-state index in [9.17, 15) is 38.4 Å². The highest BCUT2D eigenvalue weighted by molar-refractivity contribution is 7.90. The Hall–Kier alpha value is -2.63. The van der Waals surface area contributed by atoms with E-state index >= 15 is 0 Å². The highest BCUT2D eigenvalue weighted by Crippen LogP contribution is 2.42. The lowest BCUT2D eigenvalue weighted by Gasteiger charge is -2.44. The quantitative estimate of drug-likeness (QED) is 0.337. The van der Waals surface area contributed by atoms with Gasteiger partial charge >= 0.3 is 11.9 Å². The summed E-state index contributed by atoms with van der Waals surface area (Å²) in [6.45, 7) is 2.81. The number of carboxylic acid groups (broad SMARTS) is 2. The Bertz CT molecular complexity index is 981. The number of carboxylic acids is 2. The molecule has 0 amide bonds. The summed E-state index contributed by atoms with van der Waals surface area (Å²) in [5, 5.41) is 58.3. The average molecular weight is 430 g/mol. The summed E-state index contributed by atoms with van der Waals surface area (Å²) in [4.78, 5) is 22.2. The topological polar surface area (TPSA) is 190 Å². The van der Waals surface area contributed by atoms with Crippen molar-refractivity contribution < 1.29 is 48.6 Å². The summed E-state index contributed by atoms with van der Waals surface area (Å²) in [6.07, 6.45) is -2.06. The van der Waals surface area contributed by atoms with E-state index in [2.05, 4.69) is 0 Å². The largest absolute Gasteiger partial charge is 0.508 e. The molecule has 29 heavy (non-hydrogen) atoms. The van der Waals surface area contributed by atoms with Gasteiger partial charge in [0.15, 0.2) is 9.84 Å². The predicted octanol–water partition coefficient (Wildman–Crippen LogP) is 0.0996. The van der Waals surface area contributed by atoms with Crippen LogP contribution < -0.4 is 0 Å². The van der Waals surface area contributed by atoms with Crippen molar-refractivity contribution in [2.75, 3.05) is 5.75 Å². The second-order valence-corrected chi connectivity index (χ2v) is 9.51. The van der Waals surface area contributed by atoms with E-state index in [-0.39, 0.29) is 5.56 Å². The zero-order valence-electron chi connectivity index (χ0n) is 15.6. The van der Waals surface area contributed by atoms with Crippen LogP contribution in [0.4, 0.5) is 0 Å². The van der Waals surface area contributed by atoms with Crippen molar-refractivity contribution >= 4 is 21.8 Å². The fourth-order valence-corrected chi connectivity index (χ4v) is 5.63. The van der Waals surface area contributed by atoms with Gasteiger partial charge in [0.25, 0.3) is 0 Å². The first-order chi connectivity index (χ1) is 13.2.